The maximum absolute atomic E-state index is 11.7. The van der Waals surface area contributed by atoms with Crippen LogP contribution < -0.4 is 0 Å². The Bertz CT molecular complexity index is 365. The van der Waals surface area contributed by atoms with Gasteiger partial charge in [0.25, 0.3) is 0 Å². The molecule has 27 heavy (non-hydrogen) atoms. The predicted molar refractivity (Wildman–Crippen MR) is 112 cm³/mol. The molecule has 0 aliphatic rings. The van der Waals surface area contributed by atoms with Crippen LogP contribution in [-0.4, -0.2) is 25.2 Å². The minimum absolute atomic E-state index is 0.108. The zero-order valence-electron chi connectivity index (χ0n) is 18.4. The zero-order valence-corrected chi connectivity index (χ0v) is 18.4. The molecule has 0 saturated carbocycles. The largest absolute Gasteiger partial charge is 0.466 e. The van der Waals surface area contributed by atoms with Crippen LogP contribution in [0.2, 0.25) is 0 Å². The highest BCUT2D eigenvalue weighted by atomic mass is 16.5. The monoisotopic (exact) mass is 384 g/mol. The van der Waals surface area contributed by atoms with Crippen LogP contribution in [0.1, 0.15) is 111 Å². The van der Waals surface area contributed by atoms with Crippen molar-refractivity contribution in [2.75, 3.05) is 13.2 Å². The lowest BCUT2D eigenvalue weighted by Crippen LogP contribution is -2.09. The summed E-state index contributed by atoms with van der Waals surface area (Å²) in [6.45, 7) is 9.98. The Morgan fingerprint density at radius 3 is 1.85 bits per heavy atom. The standard InChI is InChI=1S/C23H44O4/c1-5-6-7-11-18-26-22(24)15-9-8-10-16-23(25)27-19-17-21(4)14-12-13-20(2)3/h20-21H,5-19H2,1-4H3. The van der Waals surface area contributed by atoms with Gasteiger partial charge in [-0.15, -0.1) is 0 Å². The van der Waals surface area contributed by atoms with Crippen LogP contribution in [0.4, 0.5) is 0 Å². The molecule has 4 nitrogen and oxygen atoms in total. The average molecular weight is 385 g/mol. The minimum Gasteiger partial charge on any atom is -0.466 e. The molecule has 0 N–H and O–H groups in total. The fourth-order valence-electron chi connectivity index (χ4n) is 2.97. The molecule has 4 heteroatoms. The first kappa shape index (κ1) is 25.9. The summed E-state index contributed by atoms with van der Waals surface area (Å²) in [6, 6.07) is 0. The third kappa shape index (κ3) is 19.5. The van der Waals surface area contributed by atoms with Gasteiger partial charge in [-0.25, -0.2) is 0 Å². The summed E-state index contributed by atoms with van der Waals surface area (Å²) in [5.41, 5.74) is 0. The van der Waals surface area contributed by atoms with Crippen molar-refractivity contribution in [1.82, 2.24) is 0 Å². The van der Waals surface area contributed by atoms with Crippen LogP contribution >= 0.6 is 0 Å². The van der Waals surface area contributed by atoms with Gasteiger partial charge in [0, 0.05) is 12.8 Å². The van der Waals surface area contributed by atoms with Crippen molar-refractivity contribution >= 4 is 11.9 Å². The molecule has 0 aliphatic carbocycles. The van der Waals surface area contributed by atoms with Crippen LogP contribution in [0, 0.1) is 11.8 Å². The van der Waals surface area contributed by atoms with Crippen molar-refractivity contribution in [3.63, 3.8) is 0 Å². The van der Waals surface area contributed by atoms with E-state index in [1.165, 1.54) is 32.1 Å². The topological polar surface area (TPSA) is 52.6 Å². The Labute approximate surface area is 167 Å². The van der Waals surface area contributed by atoms with E-state index in [9.17, 15) is 9.59 Å². The van der Waals surface area contributed by atoms with Gasteiger partial charge in [0.05, 0.1) is 13.2 Å². The van der Waals surface area contributed by atoms with E-state index < -0.39 is 0 Å². The van der Waals surface area contributed by atoms with Crippen LogP contribution in [0.5, 0.6) is 0 Å². The summed E-state index contributed by atoms with van der Waals surface area (Å²) in [4.78, 5) is 23.3. The van der Waals surface area contributed by atoms with Gasteiger partial charge in [0.2, 0.25) is 0 Å². The highest BCUT2D eigenvalue weighted by Crippen LogP contribution is 2.15. The van der Waals surface area contributed by atoms with Crippen molar-refractivity contribution in [1.29, 1.82) is 0 Å². The van der Waals surface area contributed by atoms with E-state index in [0.717, 1.165) is 44.4 Å². The summed E-state index contributed by atoms with van der Waals surface area (Å²) < 4.78 is 10.5. The maximum atomic E-state index is 11.7. The van der Waals surface area contributed by atoms with Gasteiger partial charge in [-0.3, -0.25) is 9.59 Å². The molecule has 0 fully saturated rings. The Kier molecular flexibility index (Phi) is 17.6. The molecule has 0 radical (unpaired) electrons. The van der Waals surface area contributed by atoms with Gasteiger partial charge in [-0.05, 0) is 37.5 Å². The van der Waals surface area contributed by atoms with E-state index in [2.05, 4.69) is 27.7 Å². The highest BCUT2D eigenvalue weighted by molar-refractivity contribution is 5.69. The van der Waals surface area contributed by atoms with Gasteiger partial charge < -0.3 is 9.47 Å². The lowest BCUT2D eigenvalue weighted by molar-refractivity contribution is -0.144. The van der Waals surface area contributed by atoms with Crippen LogP contribution in [0.15, 0.2) is 0 Å². The third-order valence-electron chi connectivity index (χ3n) is 4.87. The van der Waals surface area contributed by atoms with E-state index in [-0.39, 0.29) is 11.9 Å². The molecular weight excluding hydrogens is 340 g/mol. The smallest absolute Gasteiger partial charge is 0.305 e. The molecule has 1 atom stereocenters. The van der Waals surface area contributed by atoms with E-state index in [4.69, 9.17) is 9.47 Å². The summed E-state index contributed by atoms with van der Waals surface area (Å²) in [7, 11) is 0. The molecular formula is C23H44O4. The van der Waals surface area contributed by atoms with E-state index in [0.29, 0.717) is 32.0 Å². The number of esters is 2. The third-order valence-corrected chi connectivity index (χ3v) is 4.87. The summed E-state index contributed by atoms with van der Waals surface area (Å²) in [5.74, 6) is 1.16. The first-order valence-corrected chi connectivity index (χ1v) is 11.3. The fraction of sp³-hybridized carbons (Fsp3) is 0.913. The summed E-state index contributed by atoms with van der Waals surface area (Å²) >= 11 is 0. The zero-order chi connectivity index (χ0) is 20.3. The SMILES string of the molecule is CCCCCCOC(=O)CCCCCC(=O)OCCC(C)CCCC(C)C. The van der Waals surface area contributed by atoms with Gasteiger partial charge in [0.15, 0.2) is 0 Å². The maximum Gasteiger partial charge on any atom is 0.305 e. The van der Waals surface area contributed by atoms with E-state index >= 15 is 0 Å². The molecule has 0 amide bonds. The van der Waals surface area contributed by atoms with Crippen LogP contribution in [0.25, 0.3) is 0 Å². The number of carbonyl (C=O) groups is 2. The molecule has 160 valence electrons. The molecule has 0 aromatic carbocycles. The van der Waals surface area contributed by atoms with Gasteiger partial charge in [-0.2, -0.15) is 0 Å². The van der Waals surface area contributed by atoms with E-state index in [1.54, 1.807) is 0 Å². The number of ether oxygens (including phenoxy) is 2. The molecule has 0 spiro atoms. The van der Waals surface area contributed by atoms with Crippen molar-refractivity contribution in [2.24, 2.45) is 11.8 Å². The molecule has 1 unspecified atom stereocenters. The first-order valence-electron chi connectivity index (χ1n) is 11.3. The average Bonchev–Trinajstić information content (AvgIpc) is 2.61. The number of unbranched alkanes of at least 4 members (excludes halogenated alkanes) is 5. The second-order valence-electron chi connectivity index (χ2n) is 8.28. The van der Waals surface area contributed by atoms with E-state index in [1.807, 2.05) is 0 Å². The summed E-state index contributed by atoms with van der Waals surface area (Å²) in [6.07, 6.45) is 12.5. The first-order chi connectivity index (χ1) is 13.0. The predicted octanol–water partition coefficient (Wildman–Crippen LogP) is 6.46. The molecule has 0 aromatic heterocycles. The Morgan fingerprint density at radius 2 is 1.26 bits per heavy atom. The van der Waals surface area contributed by atoms with Crippen molar-refractivity contribution in [2.45, 2.75) is 111 Å². The van der Waals surface area contributed by atoms with Crippen LogP contribution in [-0.2, 0) is 19.1 Å². The molecule has 0 saturated heterocycles. The molecule has 0 aromatic rings. The van der Waals surface area contributed by atoms with Gasteiger partial charge in [0.1, 0.15) is 0 Å². The quantitative estimate of drug-likeness (QED) is 0.201. The Balaban J connectivity index is 3.44. The lowest BCUT2D eigenvalue weighted by Gasteiger charge is -2.12. The number of rotatable bonds is 18. The molecule has 0 aliphatic heterocycles. The molecule has 0 bridgehead atoms. The van der Waals surface area contributed by atoms with Gasteiger partial charge in [-0.1, -0.05) is 72.6 Å². The normalized spacial score (nSPS) is 12.2. The fourth-order valence-corrected chi connectivity index (χ4v) is 2.97. The van der Waals surface area contributed by atoms with Crippen molar-refractivity contribution < 1.29 is 19.1 Å². The number of hydrogen-bond donors (Lipinski definition) is 0. The lowest BCUT2D eigenvalue weighted by atomic mass is 9.98. The molecule has 0 heterocycles. The van der Waals surface area contributed by atoms with Crippen molar-refractivity contribution in [3.8, 4) is 0 Å². The van der Waals surface area contributed by atoms with Crippen LogP contribution in [0.3, 0.4) is 0 Å². The number of hydrogen-bond acceptors (Lipinski definition) is 4. The second kappa shape index (κ2) is 18.3. The van der Waals surface area contributed by atoms with Crippen molar-refractivity contribution in [3.05, 3.63) is 0 Å². The highest BCUT2D eigenvalue weighted by Gasteiger charge is 2.07. The number of carbonyl (C=O) groups excluding carboxylic acids is 2. The van der Waals surface area contributed by atoms with Gasteiger partial charge >= 0.3 is 11.9 Å². The second-order valence-corrected chi connectivity index (χ2v) is 8.28. The Hall–Kier alpha value is -1.06. The Morgan fingerprint density at radius 1 is 0.667 bits per heavy atom. The molecule has 0 rings (SSSR count). The minimum atomic E-state index is -0.111. The summed E-state index contributed by atoms with van der Waals surface area (Å²) in [5, 5.41) is 0.